The van der Waals surface area contributed by atoms with E-state index in [1.165, 1.54) is 50.0 Å². The second kappa shape index (κ2) is 11.4. The van der Waals surface area contributed by atoms with Crippen molar-refractivity contribution in [3.63, 3.8) is 0 Å². The summed E-state index contributed by atoms with van der Waals surface area (Å²) in [5.74, 6) is -2.17. The first kappa shape index (κ1) is 28.0. The third-order valence-corrected chi connectivity index (χ3v) is 7.92. The topological polar surface area (TPSA) is 176 Å². The summed E-state index contributed by atoms with van der Waals surface area (Å²) in [5.41, 5.74) is 0.0375. The van der Waals surface area contributed by atoms with Gasteiger partial charge >= 0.3 is 35.2 Å². The van der Waals surface area contributed by atoms with Gasteiger partial charge in [-0.15, -0.1) is 28.6 Å². The molecule has 0 spiro atoms. The summed E-state index contributed by atoms with van der Waals surface area (Å²) >= 11 is 2.52. The summed E-state index contributed by atoms with van der Waals surface area (Å²) < 4.78 is 7.51. The van der Waals surface area contributed by atoms with Crippen molar-refractivity contribution in [2.45, 2.75) is 16.4 Å². The molecule has 1 fully saturated rings. The van der Waals surface area contributed by atoms with Crippen LogP contribution in [0.3, 0.4) is 0 Å². The monoisotopic (exact) mass is 567 g/mol. The van der Waals surface area contributed by atoms with Crippen LogP contribution in [0.2, 0.25) is 0 Å². The number of furan rings is 1. The van der Waals surface area contributed by atoms with Crippen LogP contribution < -0.4 is 45.7 Å². The van der Waals surface area contributed by atoms with Gasteiger partial charge in [0.05, 0.1) is 17.9 Å². The Labute approximate surface area is 244 Å². The number of nitrogens with one attached hydrogen (secondary N) is 1. The van der Waals surface area contributed by atoms with E-state index < -0.39 is 34.9 Å². The molecule has 2 aliphatic heterocycles. The Morgan fingerprint density at radius 1 is 1.32 bits per heavy atom. The number of amides is 2. The van der Waals surface area contributed by atoms with Crippen LogP contribution in [-0.4, -0.2) is 77.8 Å². The molecule has 5 heterocycles. The van der Waals surface area contributed by atoms with Crippen molar-refractivity contribution in [2.24, 2.45) is 12.2 Å². The van der Waals surface area contributed by atoms with Crippen molar-refractivity contribution in [3.8, 4) is 0 Å². The van der Waals surface area contributed by atoms with Gasteiger partial charge in [0.15, 0.2) is 11.4 Å². The molecule has 0 aliphatic carbocycles. The number of carboxylic acids is 1. The van der Waals surface area contributed by atoms with E-state index in [-0.39, 0.29) is 58.2 Å². The maximum absolute atomic E-state index is 12.9. The molecule has 0 bridgehead atoms. The number of nitrogens with zero attached hydrogens (tertiary/aromatic N) is 6. The van der Waals surface area contributed by atoms with E-state index in [9.17, 15) is 24.3 Å². The molecule has 3 aromatic heterocycles. The number of rotatable bonds is 8. The van der Waals surface area contributed by atoms with Gasteiger partial charge in [-0.3, -0.25) is 14.5 Å². The largest absolute Gasteiger partial charge is 1.00 e. The van der Waals surface area contributed by atoms with Crippen molar-refractivity contribution in [1.82, 2.24) is 29.6 Å². The number of thioether (sulfide) groups is 2. The molecule has 192 valence electrons. The van der Waals surface area contributed by atoms with Crippen LogP contribution in [0.15, 0.2) is 61.2 Å². The summed E-state index contributed by atoms with van der Waals surface area (Å²) in [6, 6.07) is 5.41. The quantitative estimate of drug-likeness (QED) is 0.0914. The van der Waals surface area contributed by atoms with Gasteiger partial charge in [-0.2, -0.15) is 9.61 Å². The second-order valence-corrected chi connectivity index (χ2v) is 9.94. The first-order chi connectivity index (χ1) is 17.8. The van der Waals surface area contributed by atoms with E-state index >= 15 is 0 Å². The minimum atomic E-state index is -1.50. The summed E-state index contributed by atoms with van der Waals surface area (Å²) in [4.78, 5) is 55.7. The molecule has 0 aromatic carbocycles. The Morgan fingerprint density at radius 3 is 2.79 bits per heavy atom. The zero-order chi connectivity index (χ0) is 26.3. The molecule has 1 N–H and O–H groups in total. The van der Waals surface area contributed by atoms with Crippen LogP contribution in [0.25, 0.3) is 5.65 Å². The molecular weight excluding hydrogens is 549 g/mol. The Balaban J connectivity index is 0.00000336. The molecule has 2 amide bonds. The van der Waals surface area contributed by atoms with Gasteiger partial charge in [-0.25, -0.2) is 9.48 Å². The van der Waals surface area contributed by atoms with Gasteiger partial charge in [-0.05, 0) is 29.8 Å². The number of aliphatic carboxylic acids is 1. The maximum atomic E-state index is 12.9. The number of oxime groups is 1. The van der Waals surface area contributed by atoms with E-state index in [0.29, 0.717) is 16.2 Å². The molecule has 2 atom stereocenters. The molecule has 0 saturated carbocycles. The number of aryl methyl sites for hydroxylation is 1. The summed E-state index contributed by atoms with van der Waals surface area (Å²) in [5, 5.41) is 26.4. The van der Waals surface area contributed by atoms with Crippen molar-refractivity contribution in [3.05, 3.63) is 58.0 Å². The molecule has 14 nitrogen and oxygen atoms in total. The summed E-state index contributed by atoms with van der Waals surface area (Å²) in [6.07, 6.45) is 1.36. The Morgan fingerprint density at radius 2 is 2.11 bits per heavy atom. The smallest absolute Gasteiger partial charge is 0.543 e. The summed E-state index contributed by atoms with van der Waals surface area (Å²) in [7, 11) is 2.78. The molecule has 0 radical (unpaired) electrons. The number of carboxylic acid groups (broad SMARTS) is 1. The second-order valence-electron chi connectivity index (χ2n) is 7.84. The van der Waals surface area contributed by atoms with E-state index in [1.54, 1.807) is 18.2 Å². The molecule has 5 rings (SSSR count). The van der Waals surface area contributed by atoms with Gasteiger partial charge < -0.3 is 24.5 Å². The molecule has 3 aromatic rings. The van der Waals surface area contributed by atoms with Gasteiger partial charge in [0.25, 0.3) is 11.8 Å². The van der Waals surface area contributed by atoms with Crippen LogP contribution in [0.1, 0.15) is 5.76 Å². The fourth-order valence-corrected chi connectivity index (χ4v) is 6.22. The minimum absolute atomic E-state index is 0. The van der Waals surface area contributed by atoms with Gasteiger partial charge in [0, 0.05) is 18.6 Å². The van der Waals surface area contributed by atoms with Crippen LogP contribution in [-0.2, 0) is 26.3 Å². The normalized spacial score (nSPS) is 19.1. The van der Waals surface area contributed by atoms with E-state index in [1.807, 2.05) is 0 Å². The third-order valence-electron chi connectivity index (χ3n) is 5.57. The van der Waals surface area contributed by atoms with Gasteiger partial charge in [-0.1, -0.05) is 5.16 Å². The molecule has 2 aliphatic rings. The average molecular weight is 568 g/mol. The number of hydrogen-bond acceptors (Lipinski definition) is 12. The van der Waals surface area contributed by atoms with Crippen molar-refractivity contribution in [1.29, 1.82) is 0 Å². The average Bonchev–Trinajstić information content (AvgIpc) is 3.51. The van der Waals surface area contributed by atoms with E-state index in [4.69, 9.17) is 9.25 Å². The molecule has 1 saturated heterocycles. The number of carbonyl (C=O) groups is 3. The number of hydrogen-bond donors (Lipinski definition) is 1. The number of aromatic nitrogens is 4. The standard InChI is InChI=1S/C21H19N7O7S2.Na/c1-26-21(33)28-12(23-26)5-6-13(24-28)36-8-10-9-37-19-15(18(30)27(19)16(10)20(31)32)22-17(29)14(25-34-2)11-4-3-7-35-11;/h3-7,15,19H,8-9H2,1-2H3,(H,22,29)(H,31,32);/q;+1/p-1/b25-14-;/t15?,19-;/m0./s1. The molecule has 1 unspecified atom stereocenters. The predicted octanol–water partition coefficient (Wildman–Crippen LogP) is -4.43. The van der Waals surface area contributed by atoms with Gasteiger partial charge in [0.1, 0.15) is 23.6 Å². The fourth-order valence-electron chi connectivity index (χ4n) is 3.88. The van der Waals surface area contributed by atoms with E-state index in [2.05, 4.69) is 20.7 Å². The third kappa shape index (κ3) is 5.01. The van der Waals surface area contributed by atoms with Crippen molar-refractivity contribution < 1.29 is 58.3 Å². The van der Waals surface area contributed by atoms with Crippen molar-refractivity contribution >= 4 is 52.7 Å². The SMILES string of the molecule is CO/N=C(\C(=O)NC1C(=O)N2C(C(=O)[O-])=C(CSc3ccc4nn(C)c(=O)n4n3)CS[C@@H]12)c1ccco1.[Na+]. The molecule has 17 heteroatoms. The molecular formula is C21H18N7NaO7S2. The van der Waals surface area contributed by atoms with Gasteiger partial charge in [0.2, 0.25) is 5.71 Å². The Bertz CT molecular complexity index is 1530. The number of fused-ring (bicyclic) bond motifs is 2. The van der Waals surface area contributed by atoms with Crippen LogP contribution >= 0.6 is 23.5 Å². The van der Waals surface area contributed by atoms with Crippen molar-refractivity contribution in [2.75, 3.05) is 18.6 Å². The number of carbonyl (C=O) groups excluding carboxylic acids is 3. The first-order valence-electron chi connectivity index (χ1n) is 10.7. The Kier molecular flexibility index (Phi) is 8.37. The van der Waals surface area contributed by atoms with Crippen LogP contribution in [0.4, 0.5) is 0 Å². The first-order valence-corrected chi connectivity index (χ1v) is 12.7. The fraction of sp³-hybridized carbons (Fsp3) is 0.286. The summed E-state index contributed by atoms with van der Waals surface area (Å²) in [6.45, 7) is 0. The zero-order valence-corrected chi connectivity index (χ0v) is 23.9. The minimum Gasteiger partial charge on any atom is -0.543 e. The maximum Gasteiger partial charge on any atom is 1.00 e. The predicted molar refractivity (Wildman–Crippen MR) is 128 cm³/mol. The number of β-lactam (4-membered cyclic amide) rings is 1. The molecule has 38 heavy (non-hydrogen) atoms. The van der Waals surface area contributed by atoms with Crippen LogP contribution in [0, 0.1) is 0 Å². The zero-order valence-electron chi connectivity index (χ0n) is 20.3. The Hall–Kier alpha value is -3.05. The van der Waals surface area contributed by atoms with Crippen LogP contribution in [0.5, 0.6) is 0 Å². The van der Waals surface area contributed by atoms with E-state index in [0.717, 1.165) is 14.1 Å².